The number of carbonyl (C=O) groups is 1. The van der Waals surface area contributed by atoms with E-state index in [1.54, 1.807) is 29.8 Å². The lowest BCUT2D eigenvalue weighted by Gasteiger charge is -2.10. The number of ether oxygens (including phenoxy) is 1. The molecule has 0 atom stereocenters. The number of benzene rings is 3. The van der Waals surface area contributed by atoms with Crippen LogP contribution in [-0.4, -0.2) is 33.5 Å². The summed E-state index contributed by atoms with van der Waals surface area (Å²) in [4.78, 5) is 13.4. The third-order valence-electron chi connectivity index (χ3n) is 5.33. The van der Waals surface area contributed by atoms with E-state index in [0.717, 1.165) is 17.0 Å². The molecule has 3 aromatic carbocycles. The molecule has 2 heterocycles. The number of aromatic nitrogens is 2. The van der Waals surface area contributed by atoms with Crippen molar-refractivity contribution in [3.63, 3.8) is 0 Å². The van der Waals surface area contributed by atoms with Crippen molar-refractivity contribution in [1.82, 2.24) is 9.78 Å². The van der Waals surface area contributed by atoms with Crippen molar-refractivity contribution in [3.8, 4) is 17.2 Å². The molecule has 9 heteroatoms. The van der Waals surface area contributed by atoms with Crippen LogP contribution in [0.15, 0.2) is 93.7 Å². The maximum absolute atomic E-state index is 13.0. The number of hydrogen-bond donors (Lipinski definition) is 1. The molecule has 0 saturated carbocycles. The lowest BCUT2D eigenvalue weighted by molar-refractivity contribution is 0.103. The average Bonchev–Trinajstić information content (AvgIpc) is 3.54. The zero-order valence-electron chi connectivity index (χ0n) is 18.9. The van der Waals surface area contributed by atoms with Crippen LogP contribution in [-0.2, 0) is 0 Å². The molecular formula is C26H20N4O4S. The Kier molecular flexibility index (Phi) is 5.99. The summed E-state index contributed by atoms with van der Waals surface area (Å²) in [7, 11) is 1.52. The molecule has 0 unspecified atom stereocenters. The topological polar surface area (TPSA) is 102 Å². The van der Waals surface area contributed by atoms with E-state index < -0.39 is 0 Å². The SMILES string of the molecule is COc1c(/C(C)=N/N=c2\sc(C(=O)c3ccccc3)nn2-c2ccccc2)c(O)cc2occc12. The van der Waals surface area contributed by atoms with Gasteiger partial charge in [0.15, 0.2) is 5.01 Å². The van der Waals surface area contributed by atoms with Crippen LogP contribution in [0.4, 0.5) is 0 Å². The number of rotatable bonds is 6. The minimum Gasteiger partial charge on any atom is -0.507 e. The van der Waals surface area contributed by atoms with Gasteiger partial charge in [-0.2, -0.15) is 10.2 Å². The molecule has 1 N–H and O–H groups in total. The van der Waals surface area contributed by atoms with Crippen molar-refractivity contribution >= 4 is 33.8 Å². The van der Waals surface area contributed by atoms with Crippen molar-refractivity contribution in [2.24, 2.45) is 10.2 Å². The van der Waals surface area contributed by atoms with E-state index in [1.807, 2.05) is 48.5 Å². The van der Waals surface area contributed by atoms with Gasteiger partial charge in [-0.25, -0.2) is 4.68 Å². The maximum atomic E-state index is 13.0. The van der Waals surface area contributed by atoms with Crippen LogP contribution in [0.2, 0.25) is 0 Å². The Bertz CT molecular complexity index is 1620. The van der Waals surface area contributed by atoms with E-state index >= 15 is 0 Å². The van der Waals surface area contributed by atoms with Crippen LogP contribution < -0.4 is 9.54 Å². The number of hydrogen-bond acceptors (Lipinski definition) is 8. The Balaban J connectivity index is 1.64. The molecule has 0 amide bonds. The second kappa shape index (κ2) is 9.40. The lowest BCUT2D eigenvalue weighted by atomic mass is 10.1. The summed E-state index contributed by atoms with van der Waals surface area (Å²) in [5, 5.41) is 24.9. The number of aromatic hydroxyl groups is 1. The molecule has 0 radical (unpaired) electrons. The molecule has 0 fully saturated rings. The Morgan fingerprint density at radius 1 is 1.09 bits per heavy atom. The van der Waals surface area contributed by atoms with Gasteiger partial charge in [0.1, 0.15) is 17.1 Å². The van der Waals surface area contributed by atoms with Crippen molar-refractivity contribution in [2.75, 3.05) is 7.11 Å². The van der Waals surface area contributed by atoms with Gasteiger partial charge in [0.2, 0.25) is 10.6 Å². The number of fused-ring (bicyclic) bond motifs is 1. The second-order valence-electron chi connectivity index (χ2n) is 7.55. The molecule has 0 aliphatic carbocycles. The number of furan rings is 1. The molecule has 0 aliphatic rings. The normalized spacial score (nSPS) is 12.3. The van der Waals surface area contributed by atoms with Crippen LogP contribution in [0.5, 0.6) is 11.5 Å². The molecule has 174 valence electrons. The van der Waals surface area contributed by atoms with Gasteiger partial charge in [-0.3, -0.25) is 4.79 Å². The fraction of sp³-hybridized carbons (Fsp3) is 0.0769. The standard InChI is InChI=1S/C26H20N4O4S/c1-16(22-20(31)15-21-19(13-14-34-21)24(22)33-2)27-28-26-30(18-11-7-4-8-12-18)29-25(35-26)23(32)17-9-5-3-6-10-17/h3-15,31H,1-2H3/b27-16+,28-26-. The summed E-state index contributed by atoms with van der Waals surface area (Å²) in [6.45, 7) is 1.72. The summed E-state index contributed by atoms with van der Waals surface area (Å²) >= 11 is 1.13. The van der Waals surface area contributed by atoms with Gasteiger partial charge in [-0.15, -0.1) is 5.10 Å². The molecule has 8 nitrogen and oxygen atoms in total. The first-order chi connectivity index (χ1) is 17.1. The first kappa shape index (κ1) is 22.3. The van der Waals surface area contributed by atoms with Crippen LogP contribution in [0.3, 0.4) is 0 Å². The number of para-hydroxylation sites is 1. The van der Waals surface area contributed by atoms with Crippen LogP contribution >= 0.6 is 11.3 Å². The Morgan fingerprint density at radius 3 is 2.51 bits per heavy atom. The van der Waals surface area contributed by atoms with Gasteiger partial charge in [-0.1, -0.05) is 59.9 Å². The minimum atomic E-state index is -0.202. The third kappa shape index (κ3) is 4.24. The summed E-state index contributed by atoms with van der Waals surface area (Å²) in [6.07, 6.45) is 1.53. The lowest BCUT2D eigenvalue weighted by Crippen LogP contribution is -2.14. The molecule has 5 rings (SSSR count). The number of carbonyl (C=O) groups excluding carboxylic acids is 1. The van der Waals surface area contributed by atoms with Gasteiger partial charge in [0, 0.05) is 11.6 Å². The van der Waals surface area contributed by atoms with E-state index in [-0.39, 0.29) is 16.5 Å². The first-order valence-electron chi connectivity index (χ1n) is 10.7. The summed E-state index contributed by atoms with van der Waals surface area (Å²) < 4.78 is 12.5. The van der Waals surface area contributed by atoms with Gasteiger partial charge in [0.05, 0.1) is 35.7 Å². The van der Waals surface area contributed by atoms with Crippen molar-refractivity contribution in [3.05, 3.63) is 100.0 Å². The number of phenolic OH excluding ortho intramolecular Hbond substituents is 1. The smallest absolute Gasteiger partial charge is 0.233 e. The van der Waals surface area contributed by atoms with Gasteiger partial charge >= 0.3 is 0 Å². The summed E-state index contributed by atoms with van der Waals surface area (Å²) in [6, 6.07) is 21.6. The molecule has 0 saturated heterocycles. The average molecular weight is 485 g/mol. The van der Waals surface area contributed by atoms with E-state index in [0.29, 0.717) is 38.4 Å². The Morgan fingerprint density at radius 2 is 1.80 bits per heavy atom. The van der Waals surface area contributed by atoms with E-state index in [1.165, 1.54) is 19.4 Å². The molecule has 0 aliphatic heterocycles. The van der Waals surface area contributed by atoms with E-state index in [4.69, 9.17) is 9.15 Å². The van der Waals surface area contributed by atoms with Crippen LogP contribution in [0, 0.1) is 0 Å². The third-order valence-corrected chi connectivity index (χ3v) is 6.23. The van der Waals surface area contributed by atoms with Crippen molar-refractivity contribution in [1.29, 1.82) is 0 Å². The van der Waals surface area contributed by atoms with E-state index in [9.17, 15) is 9.90 Å². The molecule has 2 aromatic heterocycles. The number of phenols is 1. The maximum Gasteiger partial charge on any atom is 0.233 e. The fourth-order valence-corrected chi connectivity index (χ4v) is 4.51. The van der Waals surface area contributed by atoms with Gasteiger partial charge in [-0.05, 0) is 25.1 Å². The predicted molar refractivity (Wildman–Crippen MR) is 134 cm³/mol. The highest BCUT2D eigenvalue weighted by molar-refractivity contribution is 7.11. The van der Waals surface area contributed by atoms with Crippen LogP contribution in [0.1, 0.15) is 27.9 Å². The van der Waals surface area contributed by atoms with Gasteiger partial charge < -0.3 is 14.3 Å². The van der Waals surface area contributed by atoms with Crippen molar-refractivity contribution < 1.29 is 19.1 Å². The summed E-state index contributed by atoms with van der Waals surface area (Å²) in [5.41, 5.74) is 2.60. The molecule has 0 bridgehead atoms. The fourth-order valence-electron chi connectivity index (χ4n) is 3.69. The predicted octanol–water partition coefficient (Wildman–Crippen LogP) is 4.95. The first-order valence-corrected chi connectivity index (χ1v) is 11.5. The monoisotopic (exact) mass is 484 g/mol. The molecular weight excluding hydrogens is 464 g/mol. The number of methoxy groups -OCH3 is 1. The van der Waals surface area contributed by atoms with Gasteiger partial charge in [0.25, 0.3) is 0 Å². The Hall–Kier alpha value is -4.50. The zero-order valence-corrected chi connectivity index (χ0v) is 19.7. The number of nitrogens with zero attached hydrogens (tertiary/aromatic N) is 4. The quantitative estimate of drug-likeness (QED) is 0.209. The molecule has 5 aromatic rings. The van der Waals surface area contributed by atoms with Crippen molar-refractivity contribution in [2.45, 2.75) is 6.92 Å². The number of ketones is 1. The molecule has 0 spiro atoms. The highest BCUT2D eigenvalue weighted by atomic mass is 32.1. The highest BCUT2D eigenvalue weighted by Gasteiger charge is 2.19. The Labute approximate surface area is 204 Å². The summed E-state index contributed by atoms with van der Waals surface area (Å²) in [5.74, 6) is 0.193. The molecule has 35 heavy (non-hydrogen) atoms. The largest absolute Gasteiger partial charge is 0.507 e. The highest BCUT2D eigenvalue weighted by Crippen LogP contribution is 2.37. The van der Waals surface area contributed by atoms with E-state index in [2.05, 4.69) is 15.3 Å². The van der Waals surface area contributed by atoms with Crippen LogP contribution in [0.25, 0.3) is 16.7 Å². The minimum absolute atomic E-state index is 0.0408. The second-order valence-corrected chi connectivity index (χ2v) is 8.51. The zero-order chi connectivity index (χ0) is 24.4.